The van der Waals surface area contributed by atoms with Crippen molar-refractivity contribution in [3.63, 3.8) is 0 Å². The molecular weight excluding hydrogens is 352 g/mol. The Bertz CT molecular complexity index is 1220. The number of carbonyl (C=O) groups is 1. The third kappa shape index (κ3) is 3.11. The van der Waals surface area contributed by atoms with Crippen molar-refractivity contribution in [3.05, 3.63) is 99.5 Å². The zero-order valence-electron chi connectivity index (χ0n) is 15.7. The maximum atomic E-state index is 13.3. The predicted molar refractivity (Wildman–Crippen MR) is 109 cm³/mol. The molecule has 0 saturated carbocycles. The summed E-state index contributed by atoms with van der Waals surface area (Å²) in [4.78, 5) is 28.8. The molecule has 1 N–H and O–H groups in total. The van der Waals surface area contributed by atoms with Gasteiger partial charge in [-0.3, -0.25) is 9.59 Å². The molecule has 0 aliphatic rings. The molecule has 4 aromatic rings. The number of aromatic amines is 1. The molecular formula is C23H20N2O3. The van der Waals surface area contributed by atoms with E-state index in [0.29, 0.717) is 23.7 Å². The molecule has 0 aliphatic carbocycles. The van der Waals surface area contributed by atoms with Gasteiger partial charge in [0.15, 0.2) is 11.3 Å². The molecule has 5 heteroatoms. The Morgan fingerprint density at radius 2 is 1.79 bits per heavy atom. The molecule has 0 atom stereocenters. The number of nitrogens with one attached hydrogen (secondary N) is 1. The van der Waals surface area contributed by atoms with Crippen LogP contribution in [0.2, 0.25) is 0 Å². The molecule has 2 aromatic carbocycles. The molecule has 0 spiro atoms. The first kappa shape index (κ1) is 17.8. The Hall–Kier alpha value is -3.60. The number of ether oxygens (including phenoxy) is 1. The SMILES string of the molecule is COc1cc(=O)c(C(=O)c2cn(Cc3ccccc3)c3ccccc23)c(C)[nH]1. The summed E-state index contributed by atoms with van der Waals surface area (Å²) < 4.78 is 7.13. The third-order valence-electron chi connectivity index (χ3n) is 4.87. The lowest BCUT2D eigenvalue weighted by atomic mass is 10.0. The summed E-state index contributed by atoms with van der Waals surface area (Å²) in [6, 6.07) is 19.1. The second-order valence-electron chi connectivity index (χ2n) is 6.70. The largest absolute Gasteiger partial charge is 0.482 e. The minimum Gasteiger partial charge on any atom is -0.482 e. The standard InChI is InChI=1S/C23H20N2O3/c1-15-22(20(26)12-21(24-15)28-2)23(27)18-14-25(13-16-8-4-3-5-9-16)19-11-7-6-10-17(18)19/h3-12,14H,13H2,1-2H3,(H,24,26). The van der Waals surface area contributed by atoms with Crippen LogP contribution < -0.4 is 10.2 Å². The highest BCUT2D eigenvalue weighted by Crippen LogP contribution is 2.25. The van der Waals surface area contributed by atoms with Crippen molar-refractivity contribution >= 4 is 16.7 Å². The summed E-state index contributed by atoms with van der Waals surface area (Å²) in [5.74, 6) is 0.0509. The Balaban J connectivity index is 1.84. The molecule has 0 saturated heterocycles. The maximum absolute atomic E-state index is 13.3. The number of fused-ring (bicyclic) bond motifs is 1. The lowest BCUT2D eigenvalue weighted by Crippen LogP contribution is -2.18. The van der Waals surface area contributed by atoms with Crippen molar-refractivity contribution in [3.8, 4) is 5.88 Å². The van der Waals surface area contributed by atoms with E-state index >= 15 is 0 Å². The molecule has 5 nitrogen and oxygen atoms in total. The van der Waals surface area contributed by atoms with Gasteiger partial charge in [0.2, 0.25) is 5.78 Å². The lowest BCUT2D eigenvalue weighted by Gasteiger charge is -2.06. The van der Waals surface area contributed by atoms with E-state index in [9.17, 15) is 9.59 Å². The minimum absolute atomic E-state index is 0.142. The monoisotopic (exact) mass is 372 g/mol. The summed E-state index contributed by atoms with van der Waals surface area (Å²) in [5.41, 5.74) is 2.90. The van der Waals surface area contributed by atoms with E-state index in [1.165, 1.54) is 13.2 Å². The summed E-state index contributed by atoms with van der Waals surface area (Å²) in [5, 5.41) is 0.832. The molecule has 0 fully saturated rings. The summed E-state index contributed by atoms with van der Waals surface area (Å²) in [6.07, 6.45) is 1.84. The quantitative estimate of drug-likeness (QED) is 0.540. The van der Waals surface area contributed by atoms with E-state index in [2.05, 4.69) is 17.1 Å². The van der Waals surface area contributed by atoms with Crippen LogP contribution >= 0.6 is 0 Å². The molecule has 2 heterocycles. The van der Waals surface area contributed by atoms with Gasteiger partial charge in [-0.25, -0.2) is 0 Å². The Labute approximate surface area is 162 Å². The van der Waals surface area contributed by atoms with Crippen LogP contribution in [-0.2, 0) is 6.54 Å². The number of nitrogens with zero attached hydrogens (tertiary/aromatic N) is 1. The minimum atomic E-state index is -0.349. The van der Waals surface area contributed by atoms with Gasteiger partial charge < -0.3 is 14.3 Å². The van der Waals surface area contributed by atoms with Crippen LogP contribution in [0.5, 0.6) is 5.88 Å². The normalized spacial score (nSPS) is 10.9. The number of hydrogen-bond acceptors (Lipinski definition) is 3. The first-order valence-corrected chi connectivity index (χ1v) is 9.03. The second kappa shape index (κ2) is 7.19. The highest BCUT2D eigenvalue weighted by molar-refractivity contribution is 6.16. The van der Waals surface area contributed by atoms with E-state index < -0.39 is 0 Å². The molecule has 4 rings (SSSR count). The summed E-state index contributed by atoms with van der Waals surface area (Å²) in [6.45, 7) is 2.35. The number of pyridine rings is 1. The zero-order valence-corrected chi connectivity index (χ0v) is 15.7. The molecule has 0 radical (unpaired) electrons. The van der Waals surface area contributed by atoms with E-state index in [1.807, 2.05) is 53.2 Å². The van der Waals surface area contributed by atoms with E-state index in [-0.39, 0.29) is 16.8 Å². The smallest absolute Gasteiger partial charge is 0.200 e. The fraction of sp³-hybridized carbons (Fsp3) is 0.130. The number of para-hydroxylation sites is 1. The average Bonchev–Trinajstić information content (AvgIpc) is 3.06. The fourth-order valence-electron chi connectivity index (χ4n) is 3.52. The number of H-pyrrole nitrogens is 1. The van der Waals surface area contributed by atoms with Crippen LogP contribution in [0.25, 0.3) is 10.9 Å². The topological polar surface area (TPSA) is 64.1 Å². The number of ketones is 1. The second-order valence-corrected chi connectivity index (χ2v) is 6.70. The lowest BCUT2D eigenvalue weighted by molar-refractivity contribution is 0.103. The van der Waals surface area contributed by atoms with Crippen molar-refractivity contribution in [2.45, 2.75) is 13.5 Å². The van der Waals surface area contributed by atoms with Gasteiger partial charge in [0.1, 0.15) is 0 Å². The van der Waals surface area contributed by atoms with Crippen LogP contribution in [0.3, 0.4) is 0 Å². The van der Waals surface area contributed by atoms with Crippen molar-refractivity contribution in [1.29, 1.82) is 0 Å². The summed E-state index contributed by atoms with van der Waals surface area (Å²) in [7, 11) is 1.48. The molecule has 0 unspecified atom stereocenters. The number of rotatable bonds is 5. The molecule has 0 amide bonds. The van der Waals surface area contributed by atoms with Gasteiger partial charge in [-0.1, -0.05) is 48.5 Å². The predicted octanol–water partition coefficient (Wildman–Crippen LogP) is 3.93. The first-order chi connectivity index (χ1) is 13.6. The number of aromatic nitrogens is 2. The van der Waals surface area contributed by atoms with E-state index in [1.54, 1.807) is 6.92 Å². The number of benzene rings is 2. The van der Waals surface area contributed by atoms with E-state index in [0.717, 1.165) is 16.5 Å². The highest BCUT2D eigenvalue weighted by Gasteiger charge is 2.21. The number of methoxy groups -OCH3 is 1. The van der Waals surface area contributed by atoms with Crippen molar-refractivity contribution in [2.24, 2.45) is 0 Å². The molecule has 28 heavy (non-hydrogen) atoms. The fourth-order valence-corrected chi connectivity index (χ4v) is 3.52. The molecule has 0 bridgehead atoms. The van der Waals surface area contributed by atoms with Crippen molar-refractivity contribution in [1.82, 2.24) is 9.55 Å². The van der Waals surface area contributed by atoms with Gasteiger partial charge in [0.25, 0.3) is 0 Å². The Kier molecular flexibility index (Phi) is 4.57. The van der Waals surface area contributed by atoms with E-state index in [4.69, 9.17) is 4.74 Å². The van der Waals surface area contributed by atoms with Crippen LogP contribution in [0.15, 0.2) is 71.7 Å². The van der Waals surface area contributed by atoms with Gasteiger partial charge in [-0.2, -0.15) is 0 Å². The number of carbonyl (C=O) groups excluding carboxylic acids is 1. The van der Waals surface area contributed by atoms with Gasteiger partial charge in [0.05, 0.1) is 12.7 Å². The Morgan fingerprint density at radius 1 is 1.07 bits per heavy atom. The van der Waals surface area contributed by atoms with Crippen molar-refractivity contribution in [2.75, 3.05) is 7.11 Å². The summed E-state index contributed by atoms with van der Waals surface area (Å²) >= 11 is 0. The van der Waals surface area contributed by atoms with Crippen LogP contribution in [-0.4, -0.2) is 22.4 Å². The van der Waals surface area contributed by atoms with Gasteiger partial charge >= 0.3 is 0 Å². The van der Waals surface area contributed by atoms with Crippen LogP contribution in [0.4, 0.5) is 0 Å². The number of aryl methyl sites for hydroxylation is 1. The number of hydrogen-bond donors (Lipinski definition) is 1. The maximum Gasteiger partial charge on any atom is 0.200 e. The Morgan fingerprint density at radius 3 is 2.50 bits per heavy atom. The first-order valence-electron chi connectivity index (χ1n) is 9.03. The van der Waals surface area contributed by atoms with Gasteiger partial charge in [0, 0.05) is 41.0 Å². The van der Waals surface area contributed by atoms with Gasteiger partial charge in [-0.05, 0) is 18.6 Å². The zero-order chi connectivity index (χ0) is 19.7. The molecule has 140 valence electrons. The molecule has 2 aromatic heterocycles. The molecule has 0 aliphatic heterocycles. The van der Waals surface area contributed by atoms with Crippen LogP contribution in [0.1, 0.15) is 27.2 Å². The third-order valence-corrected chi connectivity index (χ3v) is 4.87. The van der Waals surface area contributed by atoms with Crippen LogP contribution in [0, 0.1) is 6.92 Å². The average molecular weight is 372 g/mol. The van der Waals surface area contributed by atoms with Gasteiger partial charge in [-0.15, -0.1) is 0 Å². The van der Waals surface area contributed by atoms with Crippen molar-refractivity contribution < 1.29 is 9.53 Å². The highest BCUT2D eigenvalue weighted by atomic mass is 16.5.